The lowest BCUT2D eigenvalue weighted by Gasteiger charge is -2.21. The number of carbonyl (C=O) groups is 3. The van der Waals surface area contributed by atoms with Gasteiger partial charge in [-0.1, -0.05) is 236 Å². The summed E-state index contributed by atoms with van der Waals surface area (Å²) in [6.45, 7) is 4.53. The third kappa shape index (κ3) is 50.4. The second kappa shape index (κ2) is 52.8. The largest absolute Gasteiger partial charge is 0.472 e. The molecule has 3 unspecified atom stereocenters. The monoisotopic (exact) mass is 1010 g/mol. The molecule has 3 atom stereocenters. The Morgan fingerprint density at radius 1 is 0.414 bits per heavy atom. The maximum Gasteiger partial charge on any atom is 0.472 e. The van der Waals surface area contributed by atoms with E-state index in [0.29, 0.717) is 19.3 Å². The van der Waals surface area contributed by atoms with Crippen LogP contribution < -0.4 is 0 Å². The van der Waals surface area contributed by atoms with Crippen molar-refractivity contribution in [1.82, 2.24) is 0 Å². The summed E-state index contributed by atoms with van der Waals surface area (Å²) in [6.07, 6.45) is 54.9. The first kappa shape index (κ1) is 67.4. The highest BCUT2D eigenvalue weighted by molar-refractivity contribution is 7.47. The van der Waals surface area contributed by atoms with Crippen LogP contribution >= 0.6 is 7.82 Å². The van der Waals surface area contributed by atoms with Gasteiger partial charge in [-0.05, 0) is 57.8 Å². The van der Waals surface area contributed by atoms with Gasteiger partial charge in [0.15, 0.2) is 6.10 Å². The van der Waals surface area contributed by atoms with E-state index in [1.165, 1.54) is 116 Å². The fourth-order valence-electron chi connectivity index (χ4n) is 7.94. The van der Waals surface area contributed by atoms with Crippen LogP contribution in [0.15, 0.2) is 48.6 Å². The van der Waals surface area contributed by atoms with Gasteiger partial charge in [0.2, 0.25) is 0 Å². The van der Waals surface area contributed by atoms with Gasteiger partial charge in [-0.15, -0.1) is 0 Å². The van der Waals surface area contributed by atoms with Gasteiger partial charge in [0.25, 0.3) is 0 Å². The van der Waals surface area contributed by atoms with Crippen LogP contribution in [0, 0.1) is 0 Å². The molecule has 0 aliphatic heterocycles. The van der Waals surface area contributed by atoms with Crippen LogP contribution in [0.5, 0.6) is 0 Å². The minimum atomic E-state index is -4.75. The molecule has 0 amide bonds. The third-order valence-electron chi connectivity index (χ3n) is 12.3. The topological polar surface area (TPSA) is 155 Å². The molecule has 0 aromatic rings. The fraction of sp³-hybridized carbons (Fsp3) is 0.810. The Bertz CT molecular complexity index is 1360. The van der Waals surface area contributed by atoms with Crippen molar-refractivity contribution in [3.63, 3.8) is 0 Å². The van der Waals surface area contributed by atoms with Gasteiger partial charge in [0, 0.05) is 19.3 Å². The summed E-state index contributed by atoms with van der Waals surface area (Å²) in [4.78, 5) is 48.5. The van der Waals surface area contributed by atoms with Crippen molar-refractivity contribution < 1.29 is 52.2 Å². The van der Waals surface area contributed by atoms with E-state index in [2.05, 4.69) is 69.4 Å². The zero-order chi connectivity index (χ0) is 51.3. The smallest absolute Gasteiger partial charge is 0.462 e. The molecule has 0 fully saturated rings. The van der Waals surface area contributed by atoms with Gasteiger partial charge in [-0.25, -0.2) is 4.57 Å². The van der Waals surface area contributed by atoms with E-state index in [0.717, 1.165) is 89.9 Å². The lowest BCUT2D eigenvalue weighted by Crippen LogP contribution is -2.30. The van der Waals surface area contributed by atoms with E-state index >= 15 is 0 Å². The van der Waals surface area contributed by atoms with Crippen LogP contribution in [0.4, 0.5) is 0 Å². The molecule has 0 rings (SSSR count). The van der Waals surface area contributed by atoms with E-state index in [1.807, 2.05) is 0 Å². The molecule has 0 heterocycles. The maximum atomic E-state index is 12.9. The SMILES string of the molecule is CC/C=C\C/C=C\C/C=C\C/C=C\CCCCCCC(=O)OC(COC(=O)CCCCCCCCCCCCCCC)COP(=O)(O)OCC(CO)OC(=O)CCCCCCCCCCCCCCC. The van der Waals surface area contributed by atoms with Gasteiger partial charge in [-0.3, -0.25) is 23.4 Å². The second-order valence-corrected chi connectivity index (χ2v) is 20.5. The number of aliphatic hydroxyl groups excluding tert-OH is 1. The fourth-order valence-corrected chi connectivity index (χ4v) is 8.72. The van der Waals surface area contributed by atoms with Crippen molar-refractivity contribution in [3.8, 4) is 0 Å². The summed E-state index contributed by atoms with van der Waals surface area (Å²) in [6, 6.07) is 0. The number of unbranched alkanes of at least 4 members (excludes halogenated alkanes) is 28. The molecule has 70 heavy (non-hydrogen) atoms. The highest BCUT2D eigenvalue weighted by Gasteiger charge is 2.28. The average molecular weight is 1010 g/mol. The van der Waals surface area contributed by atoms with Crippen LogP contribution in [0.2, 0.25) is 0 Å². The van der Waals surface area contributed by atoms with Crippen molar-refractivity contribution >= 4 is 25.7 Å². The molecule has 0 aromatic carbocycles. The van der Waals surface area contributed by atoms with E-state index in [-0.39, 0.29) is 25.9 Å². The molecular formula is C58H105O11P. The molecule has 0 saturated heterocycles. The van der Waals surface area contributed by atoms with Gasteiger partial charge in [0.1, 0.15) is 12.7 Å². The van der Waals surface area contributed by atoms with E-state index in [9.17, 15) is 28.9 Å². The molecular weight excluding hydrogens is 904 g/mol. The Labute approximate surface area is 428 Å². The number of ether oxygens (including phenoxy) is 3. The first-order chi connectivity index (χ1) is 34.2. The number of rotatable bonds is 53. The molecule has 408 valence electrons. The second-order valence-electron chi connectivity index (χ2n) is 19.1. The Kier molecular flexibility index (Phi) is 50.8. The number of aliphatic hydroxyl groups is 1. The lowest BCUT2D eigenvalue weighted by atomic mass is 10.0. The number of phosphoric acid groups is 1. The summed E-state index contributed by atoms with van der Waals surface area (Å²) in [5.41, 5.74) is 0. The average Bonchev–Trinajstić information content (AvgIpc) is 3.35. The van der Waals surface area contributed by atoms with Crippen molar-refractivity contribution in [2.24, 2.45) is 0 Å². The van der Waals surface area contributed by atoms with Crippen molar-refractivity contribution in [2.75, 3.05) is 26.4 Å². The Morgan fingerprint density at radius 3 is 1.14 bits per heavy atom. The Morgan fingerprint density at radius 2 is 0.743 bits per heavy atom. The zero-order valence-electron chi connectivity index (χ0n) is 45.0. The third-order valence-corrected chi connectivity index (χ3v) is 13.2. The Hall–Kier alpha value is -2.56. The van der Waals surface area contributed by atoms with Crippen molar-refractivity contribution in [1.29, 1.82) is 0 Å². The zero-order valence-corrected chi connectivity index (χ0v) is 45.9. The lowest BCUT2D eigenvalue weighted by molar-refractivity contribution is -0.161. The normalized spacial score (nSPS) is 13.7. The highest BCUT2D eigenvalue weighted by atomic mass is 31.2. The number of hydrogen-bond acceptors (Lipinski definition) is 10. The number of hydrogen-bond donors (Lipinski definition) is 2. The molecule has 11 nitrogen and oxygen atoms in total. The number of carbonyl (C=O) groups excluding carboxylic acids is 3. The number of allylic oxidation sites excluding steroid dienone is 8. The first-order valence-electron chi connectivity index (χ1n) is 28.5. The van der Waals surface area contributed by atoms with Crippen LogP contribution in [0.1, 0.15) is 265 Å². The van der Waals surface area contributed by atoms with Crippen LogP contribution in [0.25, 0.3) is 0 Å². The predicted octanol–water partition coefficient (Wildman–Crippen LogP) is 16.6. The molecule has 0 aromatic heterocycles. The molecule has 2 N–H and O–H groups in total. The van der Waals surface area contributed by atoms with E-state index < -0.39 is 57.8 Å². The van der Waals surface area contributed by atoms with Crippen LogP contribution in [0.3, 0.4) is 0 Å². The van der Waals surface area contributed by atoms with Crippen LogP contribution in [-0.4, -0.2) is 66.5 Å². The molecule has 0 spiro atoms. The molecule has 12 heteroatoms. The van der Waals surface area contributed by atoms with E-state index in [1.54, 1.807) is 0 Å². The summed E-state index contributed by atoms with van der Waals surface area (Å²) >= 11 is 0. The quantitative estimate of drug-likeness (QED) is 0.0197. The van der Waals surface area contributed by atoms with Gasteiger partial charge in [0.05, 0.1) is 19.8 Å². The molecule has 0 saturated carbocycles. The van der Waals surface area contributed by atoms with Gasteiger partial charge >= 0.3 is 25.7 Å². The Balaban J connectivity index is 4.74. The van der Waals surface area contributed by atoms with Gasteiger partial charge in [-0.2, -0.15) is 0 Å². The molecule has 0 aliphatic rings. The van der Waals surface area contributed by atoms with Crippen molar-refractivity contribution in [3.05, 3.63) is 48.6 Å². The minimum Gasteiger partial charge on any atom is -0.462 e. The number of esters is 3. The molecule has 0 radical (unpaired) electrons. The predicted molar refractivity (Wildman–Crippen MR) is 289 cm³/mol. The van der Waals surface area contributed by atoms with Gasteiger partial charge < -0.3 is 24.2 Å². The molecule has 0 bridgehead atoms. The maximum absolute atomic E-state index is 12.9. The van der Waals surface area contributed by atoms with Crippen LogP contribution in [-0.2, 0) is 42.2 Å². The summed E-state index contributed by atoms with van der Waals surface area (Å²) in [7, 11) is -4.75. The standard InChI is InChI=1S/C58H105O11P/c1-4-7-10-13-16-19-22-25-26-27-28-31-34-37-40-43-46-49-58(62)69-55(51-65-56(60)47-44-41-38-35-32-29-23-20-17-14-11-8-5-2)53-67-70(63,64)66-52-54(50-59)68-57(61)48-45-42-39-36-33-30-24-21-18-15-12-9-6-3/h7,10,16,19,25-26,28,31,54-55,59H,4-6,8-9,11-15,17-18,20-24,27,29-30,32-53H2,1-3H3,(H,63,64)/b10-7-,19-16-,26-25-,31-28-. The number of phosphoric ester groups is 1. The molecule has 0 aliphatic carbocycles. The highest BCUT2D eigenvalue weighted by Crippen LogP contribution is 2.43. The minimum absolute atomic E-state index is 0.142. The summed E-state index contributed by atoms with van der Waals surface area (Å²) in [5.74, 6) is -1.48. The summed E-state index contributed by atoms with van der Waals surface area (Å²) in [5, 5.41) is 9.80. The summed E-state index contributed by atoms with van der Waals surface area (Å²) < 4.78 is 39.5. The van der Waals surface area contributed by atoms with E-state index in [4.69, 9.17) is 23.3 Å². The first-order valence-corrected chi connectivity index (χ1v) is 30.0. The van der Waals surface area contributed by atoms with Crippen molar-refractivity contribution in [2.45, 2.75) is 277 Å².